The Morgan fingerprint density at radius 3 is 2.07 bits per heavy atom. The molecular weight excluding hydrogens is 184 g/mol. The maximum atomic E-state index is 3.21. The normalized spacial score (nSPS) is 11.9. The Morgan fingerprint density at radius 1 is 1.13 bits per heavy atom. The molecule has 0 amide bonds. The first-order valence-electron chi connectivity index (χ1n) is 5.61. The van der Waals surface area contributed by atoms with Crippen molar-refractivity contribution >= 4 is 0 Å². The third-order valence-electron chi connectivity index (χ3n) is 2.21. The number of hydrogen-bond acceptors (Lipinski definition) is 2. The van der Waals surface area contributed by atoms with Gasteiger partial charge in [-0.05, 0) is 26.7 Å². The Morgan fingerprint density at radius 2 is 1.67 bits per heavy atom. The molecule has 0 aliphatic rings. The quantitative estimate of drug-likeness (QED) is 0.818. The fourth-order valence-corrected chi connectivity index (χ4v) is 1.47. The van der Waals surface area contributed by atoms with Crippen LogP contribution in [0.2, 0.25) is 0 Å². The number of likely N-dealkylation sites (N-methyl/N-ethyl adjacent to an activating group) is 2. The largest absolute Gasteiger partial charge is 0.318 e. The first kappa shape index (κ1) is 14.1. The van der Waals surface area contributed by atoms with Gasteiger partial charge < -0.3 is 10.2 Å². The zero-order chi connectivity index (χ0) is 11.7. The van der Waals surface area contributed by atoms with Crippen LogP contribution in [0.4, 0.5) is 0 Å². The molecule has 1 aromatic rings. The highest BCUT2D eigenvalue weighted by Gasteiger charge is 2.11. The fourth-order valence-electron chi connectivity index (χ4n) is 1.47. The maximum absolute atomic E-state index is 3.21. The summed E-state index contributed by atoms with van der Waals surface area (Å²) in [6, 6.07) is 11.0. The number of benzene rings is 1. The van der Waals surface area contributed by atoms with Gasteiger partial charge in [0.05, 0.1) is 0 Å². The van der Waals surface area contributed by atoms with Crippen LogP contribution in [0.15, 0.2) is 30.3 Å². The van der Waals surface area contributed by atoms with Crippen molar-refractivity contribution in [2.75, 3.05) is 27.7 Å². The molecule has 1 unspecified atom stereocenters. The summed E-state index contributed by atoms with van der Waals surface area (Å²) in [7, 11) is 6.20. The van der Waals surface area contributed by atoms with Gasteiger partial charge in [-0.1, -0.05) is 44.2 Å². The van der Waals surface area contributed by atoms with E-state index in [4.69, 9.17) is 0 Å². The van der Waals surface area contributed by atoms with Crippen molar-refractivity contribution in [1.29, 1.82) is 0 Å². The highest BCUT2D eigenvalue weighted by atomic mass is 15.1. The fraction of sp³-hybridized carbons (Fsp3) is 0.538. The van der Waals surface area contributed by atoms with Crippen LogP contribution >= 0.6 is 0 Å². The highest BCUT2D eigenvalue weighted by molar-refractivity contribution is 5.19. The third-order valence-corrected chi connectivity index (χ3v) is 2.21. The zero-order valence-corrected chi connectivity index (χ0v) is 10.6. The predicted molar refractivity (Wildman–Crippen MR) is 68.1 cm³/mol. The van der Waals surface area contributed by atoms with Gasteiger partial charge in [-0.25, -0.2) is 0 Å². The summed E-state index contributed by atoms with van der Waals surface area (Å²) >= 11 is 0. The Hall–Kier alpha value is -0.860. The van der Waals surface area contributed by atoms with Crippen molar-refractivity contribution < 1.29 is 0 Å². The van der Waals surface area contributed by atoms with Crippen molar-refractivity contribution in [3.8, 4) is 0 Å². The molecule has 1 aromatic carbocycles. The monoisotopic (exact) mass is 208 g/mol. The number of hydrogen-bond donors (Lipinski definition) is 1. The first-order valence-corrected chi connectivity index (χ1v) is 5.61. The molecule has 1 N–H and O–H groups in total. The van der Waals surface area contributed by atoms with Crippen LogP contribution in [-0.2, 0) is 0 Å². The minimum atomic E-state index is 0.464. The zero-order valence-electron chi connectivity index (χ0n) is 10.6. The molecule has 15 heavy (non-hydrogen) atoms. The molecule has 0 fully saturated rings. The Labute approximate surface area is 94.3 Å². The standard InChI is InChI=1S/C11H18N2.C2H6/c1-12-9-11(13(2)3)10-7-5-4-6-8-10;1-2/h4-8,11-12H,9H2,1-3H3;1-2H3. The van der Waals surface area contributed by atoms with E-state index in [0.717, 1.165) is 6.54 Å². The molecular formula is C13H24N2. The van der Waals surface area contributed by atoms with Crippen LogP contribution in [0, 0.1) is 0 Å². The van der Waals surface area contributed by atoms with Gasteiger partial charge in [0.25, 0.3) is 0 Å². The van der Waals surface area contributed by atoms with Gasteiger partial charge in [0.15, 0.2) is 0 Å². The SMILES string of the molecule is CC.CNCC(c1ccccc1)N(C)C. The van der Waals surface area contributed by atoms with E-state index in [1.807, 2.05) is 20.9 Å². The maximum Gasteiger partial charge on any atom is 0.0466 e. The summed E-state index contributed by atoms with van der Waals surface area (Å²) in [4.78, 5) is 2.23. The minimum absolute atomic E-state index is 0.464. The Balaban J connectivity index is 0.000000921. The second kappa shape index (κ2) is 8.45. The van der Waals surface area contributed by atoms with Gasteiger partial charge in [0.1, 0.15) is 0 Å². The van der Waals surface area contributed by atoms with Crippen LogP contribution in [0.1, 0.15) is 25.5 Å². The molecule has 0 bridgehead atoms. The van der Waals surface area contributed by atoms with Crippen LogP contribution in [0.3, 0.4) is 0 Å². The number of nitrogens with one attached hydrogen (secondary N) is 1. The van der Waals surface area contributed by atoms with E-state index >= 15 is 0 Å². The molecule has 0 aliphatic carbocycles. The Kier molecular flexibility index (Phi) is 7.96. The minimum Gasteiger partial charge on any atom is -0.318 e. The molecule has 1 rings (SSSR count). The molecule has 0 aromatic heterocycles. The molecule has 2 heteroatoms. The molecule has 0 radical (unpaired) electrons. The Bertz CT molecular complexity index is 232. The van der Waals surface area contributed by atoms with E-state index in [-0.39, 0.29) is 0 Å². The van der Waals surface area contributed by atoms with Crippen LogP contribution in [-0.4, -0.2) is 32.6 Å². The van der Waals surface area contributed by atoms with Gasteiger partial charge in [-0.15, -0.1) is 0 Å². The van der Waals surface area contributed by atoms with Crippen molar-refractivity contribution in [2.45, 2.75) is 19.9 Å². The van der Waals surface area contributed by atoms with Gasteiger partial charge in [0.2, 0.25) is 0 Å². The van der Waals surface area contributed by atoms with Gasteiger partial charge in [0, 0.05) is 12.6 Å². The van der Waals surface area contributed by atoms with E-state index in [0.29, 0.717) is 6.04 Å². The van der Waals surface area contributed by atoms with E-state index in [2.05, 4.69) is 54.6 Å². The summed E-state index contributed by atoms with van der Waals surface area (Å²) in [6.07, 6.45) is 0. The van der Waals surface area contributed by atoms with Gasteiger partial charge >= 0.3 is 0 Å². The number of rotatable bonds is 4. The van der Waals surface area contributed by atoms with Crippen molar-refractivity contribution in [2.24, 2.45) is 0 Å². The van der Waals surface area contributed by atoms with E-state index in [1.165, 1.54) is 5.56 Å². The third kappa shape index (κ3) is 4.96. The predicted octanol–water partition coefficient (Wildman–Crippen LogP) is 2.53. The molecule has 0 saturated heterocycles. The summed E-state index contributed by atoms with van der Waals surface area (Å²) in [5.41, 5.74) is 1.36. The second-order valence-electron chi connectivity index (χ2n) is 3.45. The lowest BCUT2D eigenvalue weighted by Gasteiger charge is -2.24. The van der Waals surface area contributed by atoms with Gasteiger partial charge in [-0.3, -0.25) is 0 Å². The molecule has 2 nitrogen and oxygen atoms in total. The van der Waals surface area contributed by atoms with Crippen molar-refractivity contribution in [3.05, 3.63) is 35.9 Å². The lowest BCUT2D eigenvalue weighted by molar-refractivity contribution is 0.294. The number of nitrogens with zero attached hydrogens (tertiary/aromatic N) is 1. The first-order chi connectivity index (χ1) is 7.25. The molecule has 1 atom stereocenters. The summed E-state index contributed by atoms with van der Waals surface area (Å²) in [6.45, 7) is 4.98. The molecule has 0 aliphatic heterocycles. The van der Waals surface area contributed by atoms with Gasteiger partial charge in [-0.2, -0.15) is 0 Å². The van der Waals surface area contributed by atoms with Crippen LogP contribution in [0.5, 0.6) is 0 Å². The molecule has 0 heterocycles. The smallest absolute Gasteiger partial charge is 0.0466 e. The average molecular weight is 208 g/mol. The lowest BCUT2D eigenvalue weighted by Crippen LogP contribution is -2.29. The van der Waals surface area contributed by atoms with Crippen LogP contribution < -0.4 is 5.32 Å². The lowest BCUT2D eigenvalue weighted by atomic mass is 10.1. The van der Waals surface area contributed by atoms with E-state index in [9.17, 15) is 0 Å². The van der Waals surface area contributed by atoms with Crippen LogP contribution in [0.25, 0.3) is 0 Å². The molecule has 0 saturated carbocycles. The second-order valence-corrected chi connectivity index (χ2v) is 3.45. The van der Waals surface area contributed by atoms with Crippen molar-refractivity contribution in [1.82, 2.24) is 10.2 Å². The summed E-state index contributed by atoms with van der Waals surface area (Å²) in [5.74, 6) is 0. The molecule has 0 spiro atoms. The average Bonchev–Trinajstić information content (AvgIpc) is 2.29. The summed E-state index contributed by atoms with van der Waals surface area (Å²) < 4.78 is 0. The van der Waals surface area contributed by atoms with E-state index in [1.54, 1.807) is 0 Å². The molecule has 86 valence electrons. The highest BCUT2D eigenvalue weighted by Crippen LogP contribution is 2.16. The van der Waals surface area contributed by atoms with E-state index < -0.39 is 0 Å². The van der Waals surface area contributed by atoms with Crippen molar-refractivity contribution in [3.63, 3.8) is 0 Å². The topological polar surface area (TPSA) is 15.3 Å². The summed E-state index contributed by atoms with van der Waals surface area (Å²) in [5, 5.41) is 3.21.